The molecule has 0 atom stereocenters. The molecule has 5 rings (SSSR count). The summed E-state index contributed by atoms with van der Waals surface area (Å²) in [5, 5.41) is 3.98. The SMILES string of the molecule is Cc1ccc2c(=O)n(-c3ccc(CC(=O)CS(=O)(=O)c4ccc(Cl)s4)cc3)cc(C(=O)NCCN3CCOCC3)c2c1. The molecule has 1 saturated heterocycles. The maximum Gasteiger partial charge on any atom is 0.262 e. The van der Waals surface area contributed by atoms with E-state index in [1.54, 1.807) is 36.5 Å². The fourth-order valence-corrected chi connectivity index (χ4v) is 7.69. The second-order valence-corrected chi connectivity index (χ2v) is 14.1. The summed E-state index contributed by atoms with van der Waals surface area (Å²) in [7, 11) is -3.77. The van der Waals surface area contributed by atoms with E-state index in [4.69, 9.17) is 16.3 Å². The summed E-state index contributed by atoms with van der Waals surface area (Å²) in [6.45, 7) is 6.08. The van der Waals surface area contributed by atoms with Crippen LogP contribution >= 0.6 is 22.9 Å². The summed E-state index contributed by atoms with van der Waals surface area (Å²) in [5.74, 6) is -1.36. The van der Waals surface area contributed by atoms with Gasteiger partial charge in [0.15, 0.2) is 15.6 Å². The van der Waals surface area contributed by atoms with Gasteiger partial charge in [-0.1, -0.05) is 41.4 Å². The van der Waals surface area contributed by atoms with Crippen molar-refractivity contribution in [2.75, 3.05) is 45.1 Å². The molecule has 0 bridgehead atoms. The normalized spacial score (nSPS) is 14.2. The van der Waals surface area contributed by atoms with Gasteiger partial charge in [0.1, 0.15) is 9.96 Å². The molecule has 1 N–H and O–H groups in total. The smallest absolute Gasteiger partial charge is 0.262 e. The topological polar surface area (TPSA) is 115 Å². The van der Waals surface area contributed by atoms with Gasteiger partial charge in [-0.25, -0.2) is 8.42 Å². The second kappa shape index (κ2) is 12.9. The first-order valence-corrected chi connectivity index (χ1v) is 16.3. The predicted octanol–water partition coefficient (Wildman–Crippen LogP) is 3.66. The van der Waals surface area contributed by atoms with Gasteiger partial charge in [0.05, 0.1) is 23.1 Å². The molecule has 0 spiro atoms. The molecule has 42 heavy (non-hydrogen) atoms. The highest BCUT2D eigenvalue weighted by molar-refractivity contribution is 7.94. The molecular weight excluding hydrogens is 598 g/mol. The number of nitrogens with one attached hydrogen (secondary N) is 1. The Labute approximate surface area is 252 Å². The first-order chi connectivity index (χ1) is 20.1. The third-order valence-corrected chi connectivity index (χ3v) is 10.5. The minimum Gasteiger partial charge on any atom is -0.379 e. The number of rotatable bonds is 10. The van der Waals surface area contributed by atoms with Crippen molar-refractivity contribution in [3.63, 3.8) is 0 Å². The van der Waals surface area contributed by atoms with Crippen LogP contribution in [0, 0.1) is 6.92 Å². The minimum absolute atomic E-state index is 0.0583. The number of hydrogen-bond acceptors (Lipinski definition) is 8. The molecule has 2 aromatic carbocycles. The van der Waals surface area contributed by atoms with Gasteiger partial charge in [0.2, 0.25) is 0 Å². The minimum atomic E-state index is -3.77. The van der Waals surface area contributed by atoms with Crippen LogP contribution in [0.1, 0.15) is 21.5 Å². The molecule has 1 amide bonds. The number of ether oxygens (including phenoxy) is 1. The number of aryl methyl sites for hydroxylation is 1. The molecule has 1 aliphatic heterocycles. The Morgan fingerprint density at radius 2 is 1.76 bits per heavy atom. The second-order valence-electron chi connectivity index (χ2n) is 10.2. The number of thiophene rings is 1. The third kappa shape index (κ3) is 6.99. The number of aromatic nitrogens is 1. The number of nitrogens with zero attached hydrogens (tertiary/aromatic N) is 2. The fourth-order valence-electron chi connectivity index (χ4n) is 4.88. The number of carbonyl (C=O) groups is 2. The van der Waals surface area contributed by atoms with Crippen molar-refractivity contribution in [3.8, 4) is 5.69 Å². The zero-order valence-electron chi connectivity index (χ0n) is 23.0. The van der Waals surface area contributed by atoms with E-state index >= 15 is 0 Å². The van der Waals surface area contributed by atoms with Crippen molar-refractivity contribution in [2.45, 2.75) is 17.6 Å². The molecule has 1 aliphatic rings. The average Bonchev–Trinajstić information content (AvgIpc) is 3.41. The summed E-state index contributed by atoms with van der Waals surface area (Å²) >= 11 is 6.76. The molecule has 2 aromatic heterocycles. The summed E-state index contributed by atoms with van der Waals surface area (Å²) in [4.78, 5) is 41.6. The van der Waals surface area contributed by atoms with E-state index in [0.29, 0.717) is 58.2 Å². The highest BCUT2D eigenvalue weighted by atomic mass is 35.5. The van der Waals surface area contributed by atoms with Crippen LogP contribution in [0.5, 0.6) is 0 Å². The zero-order valence-corrected chi connectivity index (χ0v) is 25.4. The van der Waals surface area contributed by atoms with E-state index in [0.717, 1.165) is 30.0 Å². The highest BCUT2D eigenvalue weighted by Gasteiger charge is 2.22. The number of morpholine rings is 1. The van der Waals surface area contributed by atoms with Crippen LogP contribution < -0.4 is 10.9 Å². The molecule has 1 fully saturated rings. The molecule has 12 heteroatoms. The van der Waals surface area contributed by atoms with Crippen LogP contribution in [0.4, 0.5) is 0 Å². The lowest BCUT2D eigenvalue weighted by atomic mass is 10.0. The van der Waals surface area contributed by atoms with Gasteiger partial charge in [-0.15, -0.1) is 11.3 Å². The van der Waals surface area contributed by atoms with Crippen molar-refractivity contribution in [3.05, 3.63) is 92.2 Å². The molecule has 0 aliphatic carbocycles. The van der Waals surface area contributed by atoms with Crippen molar-refractivity contribution in [2.24, 2.45) is 0 Å². The van der Waals surface area contributed by atoms with Gasteiger partial charge in [-0.3, -0.25) is 23.9 Å². The lowest BCUT2D eigenvalue weighted by molar-refractivity contribution is -0.116. The van der Waals surface area contributed by atoms with Crippen molar-refractivity contribution in [1.82, 2.24) is 14.8 Å². The number of hydrogen-bond donors (Lipinski definition) is 1. The van der Waals surface area contributed by atoms with Gasteiger partial charge in [-0.05, 0) is 42.8 Å². The molecular formula is C30H30ClN3O6S2. The van der Waals surface area contributed by atoms with E-state index in [9.17, 15) is 22.8 Å². The number of benzene rings is 2. The van der Waals surface area contributed by atoms with Crippen LogP contribution in [0.15, 0.2) is 69.8 Å². The molecule has 220 valence electrons. The lowest BCUT2D eigenvalue weighted by Gasteiger charge is -2.26. The van der Waals surface area contributed by atoms with Crippen LogP contribution in [0.2, 0.25) is 4.34 Å². The van der Waals surface area contributed by atoms with Crippen LogP contribution in [0.3, 0.4) is 0 Å². The predicted molar refractivity (Wildman–Crippen MR) is 164 cm³/mol. The van der Waals surface area contributed by atoms with E-state index in [-0.39, 0.29) is 22.1 Å². The van der Waals surface area contributed by atoms with Gasteiger partial charge >= 0.3 is 0 Å². The Bertz CT molecular complexity index is 1790. The Hall–Kier alpha value is -3.35. The lowest BCUT2D eigenvalue weighted by Crippen LogP contribution is -2.41. The summed E-state index contributed by atoms with van der Waals surface area (Å²) in [5.41, 5.74) is 2.16. The fraction of sp³-hybridized carbons (Fsp3) is 0.300. The largest absolute Gasteiger partial charge is 0.379 e. The number of halogens is 1. The Balaban J connectivity index is 1.35. The third-order valence-electron chi connectivity index (χ3n) is 7.06. The maximum atomic E-state index is 13.5. The number of ketones is 1. The number of sulfone groups is 1. The Morgan fingerprint density at radius 1 is 1.02 bits per heavy atom. The van der Waals surface area contributed by atoms with Crippen molar-refractivity contribution < 1.29 is 22.7 Å². The van der Waals surface area contributed by atoms with E-state index in [1.807, 2.05) is 19.1 Å². The summed E-state index contributed by atoms with van der Waals surface area (Å²) < 4.78 is 32.3. The molecule has 4 aromatic rings. The first-order valence-electron chi connectivity index (χ1n) is 13.4. The molecule has 9 nitrogen and oxygen atoms in total. The number of Topliss-reactive ketones (excluding diaryl/α,β-unsaturated/α-hetero) is 1. The molecule has 3 heterocycles. The summed E-state index contributed by atoms with van der Waals surface area (Å²) in [6, 6.07) is 15.0. The zero-order chi connectivity index (χ0) is 29.9. The van der Waals surface area contributed by atoms with Crippen molar-refractivity contribution in [1.29, 1.82) is 0 Å². The van der Waals surface area contributed by atoms with E-state index in [1.165, 1.54) is 16.7 Å². The van der Waals surface area contributed by atoms with Gasteiger partial charge in [-0.2, -0.15) is 0 Å². The van der Waals surface area contributed by atoms with Crippen LogP contribution in [-0.4, -0.2) is 74.7 Å². The average molecular weight is 628 g/mol. The standard InChI is InChI=1S/C30H30ClN3O6S2/c1-20-2-7-24-25(16-20)26(29(36)32-10-11-33-12-14-40-15-13-33)18-34(30(24)37)22-5-3-21(4-6-22)17-23(35)19-42(38,39)28-9-8-27(31)41-28/h2-9,16,18H,10-15,17,19H2,1H3,(H,32,36). The number of amides is 1. The number of pyridine rings is 1. The van der Waals surface area contributed by atoms with Gasteiger partial charge in [0.25, 0.3) is 11.5 Å². The van der Waals surface area contributed by atoms with Crippen molar-refractivity contribution >= 4 is 55.2 Å². The monoisotopic (exact) mass is 627 g/mol. The first kappa shape index (κ1) is 30.1. The Kier molecular flexibility index (Phi) is 9.24. The Morgan fingerprint density at radius 3 is 2.45 bits per heavy atom. The maximum absolute atomic E-state index is 13.5. The summed E-state index contributed by atoms with van der Waals surface area (Å²) in [6.07, 6.45) is 1.47. The number of fused-ring (bicyclic) bond motifs is 1. The quantitative estimate of drug-likeness (QED) is 0.285. The number of carbonyl (C=O) groups excluding carboxylic acids is 2. The van der Waals surface area contributed by atoms with Gasteiger partial charge < -0.3 is 10.1 Å². The van der Waals surface area contributed by atoms with E-state index in [2.05, 4.69) is 10.2 Å². The highest BCUT2D eigenvalue weighted by Crippen LogP contribution is 2.26. The van der Waals surface area contributed by atoms with Crippen LogP contribution in [0.25, 0.3) is 16.5 Å². The molecule has 0 saturated carbocycles. The molecule has 0 radical (unpaired) electrons. The van der Waals surface area contributed by atoms with E-state index < -0.39 is 21.4 Å². The van der Waals surface area contributed by atoms with Gasteiger partial charge in [0, 0.05) is 55.3 Å². The molecule has 0 unspecified atom stereocenters. The van der Waals surface area contributed by atoms with Crippen LogP contribution in [-0.2, 0) is 25.8 Å².